The van der Waals surface area contributed by atoms with Gasteiger partial charge in [0.15, 0.2) is 0 Å². The van der Waals surface area contributed by atoms with E-state index in [1.54, 1.807) is 13.2 Å². The number of methoxy groups -OCH3 is 1. The molecule has 0 spiro atoms. The first-order chi connectivity index (χ1) is 7.67. The lowest BCUT2D eigenvalue weighted by molar-refractivity contribution is 0.101. The lowest BCUT2D eigenvalue weighted by atomic mass is 10.0. The lowest BCUT2D eigenvalue weighted by Gasteiger charge is -2.20. The number of likely N-dealkylation sites (N-methyl/N-ethyl adjacent to an activating group) is 1. The second-order valence-electron chi connectivity index (χ2n) is 4.06. The quantitative estimate of drug-likeness (QED) is 0.802. The summed E-state index contributed by atoms with van der Waals surface area (Å²) in [4.78, 5) is 0. The molecule has 16 heavy (non-hydrogen) atoms. The van der Waals surface area contributed by atoms with Crippen LogP contribution in [-0.4, -0.2) is 26.3 Å². The molecular formula is C13H20FNO. The van der Waals surface area contributed by atoms with Gasteiger partial charge in [-0.3, -0.25) is 0 Å². The van der Waals surface area contributed by atoms with Crippen LogP contribution in [0.3, 0.4) is 0 Å². The van der Waals surface area contributed by atoms with E-state index in [9.17, 15) is 4.39 Å². The first-order valence-electron chi connectivity index (χ1n) is 5.60. The van der Waals surface area contributed by atoms with Gasteiger partial charge in [-0.05, 0) is 38.4 Å². The molecule has 0 aliphatic rings. The third-order valence-electron chi connectivity index (χ3n) is 2.85. The zero-order chi connectivity index (χ0) is 12.0. The molecule has 2 unspecified atom stereocenters. The highest BCUT2D eigenvalue weighted by molar-refractivity contribution is 5.18. The van der Waals surface area contributed by atoms with Crippen LogP contribution in [0.5, 0.6) is 0 Å². The van der Waals surface area contributed by atoms with Crippen LogP contribution in [0, 0.1) is 5.82 Å². The molecular weight excluding hydrogens is 205 g/mol. The topological polar surface area (TPSA) is 21.3 Å². The molecule has 3 heteroatoms. The number of rotatable bonds is 6. The number of hydrogen-bond acceptors (Lipinski definition) is 2. The predicted molar refractivity (Wildman–Crippen MR) is 64.0 cm³/mol. The molecule has 0 radical (unpaired) electrons. The van der Waals surface area contributed by atoms with Crippen LogP contribution in [0.2, 0.25) is 0 Å². The molecule has 2 atom stereocenters. The second kappa shape index (κ2) is 6.61. The predicted octanol–water partition coefficient (Wildman–Crippen LogP) is 2.38. The average Bonchev–Trinajstić information content (AvgIpc) is 2.30. The van der Waals surface area contributed by atoms with E-state index < -0.39 is 0 Å². The Balaban J connectivity index is 2.60. The zero-order valence-electron chi connectivity index (χ0n) is 10.2. The Hall–Kier alpha value is -0.930. The van der Waals surface area contributed by atoms with Crippen molar-refractivity contribution in [3.8, 4) is 0 Å². The molecule has 0 saturated heterocycles. The highest BCUT2D eigenvalue weighted by atomic mass is 19.1. The molecule has 0 heterocycles. The molecule has 0 amide bonds. The SMILES string of the molecule is CNC(Cc1ccccc1F)CC(C)OC. The molecule has 0 fully saturated rings. The van der Waals surface area contributed by atoms with Gasteiger partial charge in [0.25, 0.3) is 0 Å². The molecule has 0 bridgehead atoms. The molecule has 0 saturated carbocycles. The van der Waals surface area contributed by atoms with Gasteiger partial charge < -0.3 is 10.1 Å². The number of benzene rings is 1. The van der Waals surface area contributed by atoms with Gasteiger partial charge in [0, 0.05) is 13.2 Å². The molecule has 1 N–H and O–H groups in total. The van der Waals surface area contributed by atoms with Crippen molar-refractivity contribution in [2.24, 2.45) is 0 Å². The van der Waals surface area contributed by atoms with E-state index in [0.717, 1.165) is 12.0 Å². The van der Waals surface area contributed by atoms with Gasteiger partial charge in [-0.15, -0.1) is 0 Å². The molecule has 2 nitrogen and oxygen atoms in total. The van der Waals surface area contributed by atoms with Crippen LogP contribution in [-0.2, 0) is 11.2 Å². The average molecular weight is 225 g/mol. The van der Waals surface area contributed by atoms with E-state index >= 15 is 0 Å². The largest absolute Gasteiger partial charge is 0.382 e. The van der Waals surface area contributed by atoms with E-state index in [1.807, 2.05) is 26.1 Å². The van der Waals surface area contributed by atoms with Crippen molar-refractivity contribution in [1.29, 1.82) is 0 Å². The number of nitrogens with one attached hydrogen (secondary N) is 1. The van der Waals surface area contributed by atoms with Gasteiger partial charge in [0.05, 0.1) is 6.10 Å². The molecule has 0 aliphatic heterocycles. The first kappa shape index (κ1) is 13.1. The first-order valence-corrected chi connectivity index (χ1v) is 5.60. The van der Waals surface area contributed by atoms with Crippen molar-refractivity contribution in [3.63, 3.8) is 0 Å². The summed E-state index contributed by atoms with van der Waals surface area (Å²) in [5.74, 6) is -0.132. The summed E-state index contributed by atoms with van der Waals surface area (Å²) in [5.41, 5.74) is 0.755. The minimum atomic E-state index is -0.132. The standard InChI is InChI=1S/C13H20FNO/c1-10(16-3)8-12(15-2)9-11-6-4-5-7-13(11)14/h4-7,10,12,15H,8-9H2,1-3H3. The normalized spacial score (nSPS) is 14.8. The van der Waals surface area contributed by atoms with Crippen LogP contribution in [0.15, 0.2) is 24.3 Å². The maximum atomic E-state index is 13.4. The smallest absolute Gasteiger partial charge is 0.126 e. The van der Waals surface area contributed by atoms with Crippen LogP contribution in [0.1, 0.15) is 18.9 Å². The highest BCUT2D eigenvalue weighted by Gasteiger charge is 2.13. The minimum absolute atomic E-state index is 0.132. The molecule has 0 aliphatic carbocycles. The monoisotopic (exact) mass is 225 g/mol. The highest BCUT2D eigenvalue weighted by Crippen LogP contribution is 2.12. The number of ether oxygens (including phenoxy) is 1. The van der Waals surface area contributed by atoms with E-state index in [4.69, 9.17) is 4.74 Å². The fourth-order valence-electron chi connectivity index (χ4n) is 1.73. The zero-order valence-corrected chi connectivity index (χ0v) is 10.2. The minimum Gasteiger partial charge on any atom is -0.382 e. The Kier molecular flexibility index (Phi) is 5.43. The van der Waals surface area contributed by atoms with Gasteiger partial charge in [-0.1, -0.05) is 18.2 Å². The van der Waals surface area contributed by atoms with Gasteiger partial charge >= 0.3 is 0 Å². The Morgan fingerprint density at radius 1 is 1.38 bits per heavy atom. The van der Waals surface area contributed by atoms with Crippen molar-refractivity contribution >= 4 is 0 Å². The lowest BCUT2D eigenvalue weighted by Crippen LogP contribution is -2.31. The molecule has 1 aromatic carbocycles. The summed E-state index contributed by atoms with van der Waals surface area (Å²) < 4.78 is 18.7. The Bertz CT molecular complexity index is 317. The van der Waals surface area contributed by atoms with Crippen LogP contribution in [0.4, 0.5) is 4.39 Å². The fraction of sp³-hybridized carbons (Fsp3) is 0.538. The van der Waals surface area contributed by atoms with E-state index in [2.05, 4.69) is 5.32 Å². The van der Waals surface area contributed by atoms with Crippen LogP contribution >= 0.6 is 0 Å². The van der Waals surface area contributed by atoms with Crippen molar-refractivity contribution < 1.29 is 9.13 Å². The van der Waals surface area contributed by atoms with Gasteiger partial charge in [-0.25, -0.2) is 4.39 Å². The van der Waals surface area contributed by atoms with Crippen LogP contribution in [0.25, 0.3) is 0 Å². The van der Waals surface area contributed by atoms with Crippen molar-refractivity contribution in [3.05, 3.63) is 35.6 Å². The third-order valence-corrected chi connectivity index (χ3v) is 2.85. The Morgan fingerprint density at radius 3 is 2.62 bits per heavy atom. The summed E-state index contributed by atoms with van der Waals surface area (Å²) in [6.45, 7) is 2.02. The maximum Gasteiger partial charge on any atom is 0.126 e. The van der Waals surface area contributed by atoms with E-state index in [1.165, 1.54) is 6.07 Å². The van der Waals surface area contributed by atoms with Crippen molar-refractivity contribution in [2.75, 3.05) is 14.2 Å². The van der Waals surface area contributed by atoms with E-state index in [-0.39, 0.29) is 18.0 Å². The van der Waals surface area contributed by atoms with Crippen LogP contribution < -0.4 is 5.32 Å². The Labute approximate surface area is 96.8 Å². The molecule has 1 aromatic rings. The van der Waals surface area contributed by atoms with Crippen molar-refractivity contribution in [2.45, 2.75) is 31.9 Å². The Morgan fingerprint density at radius 2 is 2.06 bits per heavy atom. The fourth-order valence-corrected chi connectivity index (χ4v) is 1.73. The summed E-state index contributed by atoms with van der Waals surface area (Å²) >= 11 is 0. The number of halogens is 1. The maximum absolute atomic E-state index is 13.4. The molecule has 0 aromatic heterocycles. The second-order valence-corrected chi connectivity index (χ2v) is 4.06. The summed E-state index contributed by atoms with van der Waals surface area (Å²) in [5, 5.41) is 3.20. The summed E-state index contributed by atoms with van der Waals surface area (Å²) in [7, 11) is 3.59. The summed E-state index contributed by atoms with van der Waals surface area (Å²) in [6.07, 6.45) is 1.75. The number of hydrogen-bond donors (Lipinski definition) is 1. The van der Waals surface area contributed by atoms with E-state index in [0.29, 0.717) is 6.42 Å². The van der Waals surface area contributed by atoms with Gasteiger partial charge in [0.1, 0.15) is 5.82 Å². The van der Waals surface area contributed by atoms with Gasteiger partial charge in [-0.2, -0.15) is 0 Å². The third kappa shape index (κ3) is 3.91. The van der Waals surface area contributed by atoms with Crippen molar-refractivity contribution in [1.82, 2.24) is 5.32 Å². The molecule has 1 rings (SSSR count). The molecule has 90 valence electrons. The van der Waals surface area contributed by atoms with Gasteiger partial charge in [0.2, 0.25) is 0 Å². The summed E-state index contributed by atoms with van der Waals surface area (Å²) in [6, 6.07) is 7.15.